The number of nitrogens with one attached hydrogen (secondary N) is 1. The lowest BCUT2D eigenvalue weighted by Crippen LogP contribution is -2.43. The molecule has 11 heteroatoms. The minimum atomic E-state index is -4.56. The average Bonchev–Trinajstić information content (AvgIpc) is 3.07. The minimum absolute atomic E-state index is 0.0228. The first-order valence-electron chi connectivity index (χ1n) is 9.24. The van der Waals surface area contributed by atoms with Gasteiger partial charge in [-0.2, -0.15) is 18.3 Å². The molecule has 0 bridgehead atoms. The second kappa shape index (κ2) is 7.15. The van der Waals surface area contributed by atoms with Crippen LogP contribution >= 0.6 is 0 Å². The Balaban J connectivity index is 1.73. The van der Waals surface area contributed by atoms with Gasteiger partial charge in [-0.3, -0.25) is 9.48 Å². The molecule has 30 heavy (non-hydrogen) atoms. The van der Waals surface area contributed by atoms with Crippen molar-refractivity contribution in [1.29, 1.82) is 0 Å². The zero-order valence-electron chi connectivity index (χ0n) is 16.2. The molecule has 1 aromatic carbocycles. The number of likely N-dealkylation sites (N-methyl/N-ethyl adjacent to an activating group) is 1. The molecule has 2 aromatic heterocycles. The number of hydrogen-bond acceptors (Lipinski definition) is 6. The zero-order chi connectivity index (χ0) is 21.6. The number of aromatic nitrogens is 4. The van der Waals surface area contributed by atoms with Crippen LogP contribution in [-0.2, 0) is 18.0 Å². The standard InChI is InChI=1S/C19H19F3N6O2/c1-27-9-11(4-6-15(27)30)24-18-17-13(8-23-28(17)2)16(25-26-18)12-5-3-10(7-14(12)29)19(20,21)22/h3,5,7-8,11,29H,4,6,9H2,1-2H3,(H,24,26). The van der Waals surface area contributed by atoms with E-state index in [4.69, 9.17) is 0 Å². The molecule has 0 aliphatic carbocycles. The molecule has 3 heterocycles. The molecule has 158 valence electrons. The van der Waals surface area contributed by atoms with E-state index in [1.807, 2.05) is 0 Å². The maximum Gasteiger partial charge on any atom is 0.416 e. The number of nitrogens with zero attached hydrogens (tertiary/aromatic N) is 5. The number of phenols is 1. The van der Waals surface area contributed by atoms with Crippen LogP contribution in [-0.4, -0.2) is 55.5 Å². The summed E-state index contributed by atoms with van der Waals surface area (Å²) in [7, 11) is 3.44. The Morgan fingerprint density at radius 1 is 1.23 bits per heavy atom. The molecule has 0 spiro atoms. The number of piperidine rings is 1. The molecule has 4 rings (SSSR count). The van der Waals surface area contributed by atoms with E-state index < -0.39 is 17.5 Å². The number of fused-ring (bicyclic) bond motifs is 1. The van der Waals surface area contributed by atoms with Gasteiger partial charge in [-0.25, -0.2) is 0 Å². The number of halogens is 3. The van der Waals surface area contributed by atoms with E-state index in [2.05, 4.69) is 20.6 Å². The largest absolute Gasteiger partial charge is 0.507 e. The Kier molecular flexibility index (Phi) is 4.75. The third-order valence-corrected chi connectivity index (χ3v) is 5.22. The first-order chi connectivity index (χ1) is 14.1. The highest BCUT2D eigenvalue weighted by Crippen LogP contribution is 2.38. The van der Waals surface area contributed by atoms with E-state index in [-0.39, 0.29) is 23.2 Å². The maximum absolute atomic E-state index is 12.9. The molecule has 3 aromatic rings. The van der Waals surface area contributed by atoms with E-state index >= 15 is 0 Å². The van der Waals surface area contributed by atoms with Gasteiger partial charge in [-0.1, -0.05) is 0 Å². The Hall–Kier alpha value is -3.37. The van der Waals surface area contributed by atoms with Gasteiger partial charge in [0.2, 0.25) is 5.91 Å². The molecule has 0 radical (unpaired) electrons. The summed E-state index contributed by atoms with van der Waals surface area (Å²) in [6.07, 6.45) is -1.97. The summed E-state index contributed by atoms with van der Waals surface area (Å²) in [6, 6.07) is 2.70. The number of hydrogen-bond donors (Lipinski definition) is 2. The van der Waals surface area contributed by atoms with Crippen molar-refractivity contribution in [3.63, 3.8) is 0 Å². The summed E-state index contributed by atoms with van der Waals surface area (Å²) in [6.45, 7) is 0.515. The molecular weight excluding hydrogens is 401 g/mol. The van der Waals surface area contributed by atoms with Crippen LogP contribution in [0.5, 0.6) is 5.75 Å². The van der Waals surface area contributed by atoms with Crippen molar-refractivity contribution >= 4 is 22.6 Å². The quantitative estimate of drug-likeness (QED) is 0.677. The lowest BCUT2D eigenvalue weighted by Gasteiger charge is -2.30. The molecule has 1 aliphatic rings. The van der Waals surface area contributed by atoms with Gasteiger partial charge in [0.15, 0.2) is 5.82 Å². The molecule has 1 atom stereocenters. The van der Waals surface area contributed by atoms with Gasteiger partial charge in [0.1, 0.15) is 17.0 Å². The van der Waals surface area contributed by atoms with Crippen LogP contribution in [0.3, 0.4) is 0 Å². The second-order valence-corrected chi connectivity index (χ2v) is 7.31. The summed E-state index contributed by atoms with van der Waals surface area (Å²) in [5.41, 5.74) is 0.00102. The van der Waals surface area contributed by atoms with Crippen LogP contribution in [0.2, 0.25) is 0 Å². The number of aromatic hydroxyl groups is 1. The number of anilines is 1. The smallest absolute Gasteiger partial charge is 0.416 e. The van der Waals surface area contributed by atoms with Gasteiger partial charge in [-0.15, -0.1) is 10.2 Å². The number of benzene rings is 1. The Morgan fingerprint density at radius 2 is 2.00 bits per heavy atom. The van der Waals surface area contributed by atoms with Gasteiger partial charge in [0.25, 0.3) is 0 Å². The van der Waals surface area contributed by atoms with Gasteiger partial charge in [0, 0.05) is 38.7 Å². The number of alkyl halides is 3. The molecular formula is C19H19F3N6O2. The lowest BCUT2D eigenvalue weighted by atomic mass is 10.0. The summed E-state index contributed by atoms with van der Waals surface area (Å²) in [4.78, 5) is 13.3. The van der Waals surface area contributed by atoms with Crippen LogP contribution in [0.15, 0.2) is 24.4 Å². The van der Waals surface area contributed by atoms with Gasteiger partial charge in [-0.05, 0) is 24.6 Å². The van der Waals surface area contributed by atoms with E-state index in [0.29, 0.717) is 42.2 Å². The first-order valence-corrected chi connectivity index (χ1v) is 9.24. The summed E-state index contributed by atoms with van der Waals surface area (Å²) in [5.74, 6) is -0.0109. The summed E-state index contributed by atoms with van der Waals surface area (Å²) in [5, 5.41) is 26.6. The van der Waals surface area contributed by atoms with E-state index in [0.717, 1.165) is 6.07 Å². The van der Waals surface area contributed by atoms with Gasteiger partial charge in [0.05, 0.1) is 17.1 Å². The number of likely N-dealkylation sites (tertiary alicyclic amines) is 1. The molecule has 1 unspecified atom stereocenters. The monoisotopic (exact) mass is 420 g/mol. The van der Waals surface area contributed by atoms with Crippen molar-refractivity contribution in [2.45, 2.75) is 25.1 Å². The SMILES string of the molecule is CN1CC(Nc2nnc(-c3ccc(C(F)(F)F)cc3O)c3cnn(C)c23)CCC1=O. The molecule has 0 saturated carbocycles. The highest BCUT2D eigenvalue weighted by molar-refractivity contribution is 5.98. The Bertz CT molecular complexity index is 1130. The van der Waals surface area contributed by atoms with Crippen LogP contribution < -0.4 is 5.32 Å². The number of phenolic OH excluding ortho intramolecular Hbond substituents is 1. The second-order valence-electron chi connectivity index (χ2n) is 7.31. The highest BCUT2D eigenvalue weighted by Gasteiger charge is 2.32. The topological polar surface area (TPSA) is 96.2 Å². The molecule has 1 aliphatic heterocycles. The van der Waals surface area contributed by atoms with Gasteiger partial charge < -0.3 is 15.3 Å². The fraction of sp³-hybridized carbons (Fsp3) is 0.368. The molecule has 1 saturated heterocycles. The zero-order valence-corrected chi connectivity index (χ0v) is 16.2. The van der Waals surface area contributed by atoms with Crippen molar-refractivity contribution in [2.75, 3.05) is 18.9 Å². The van der Waals surface area contributed by atoms with E-state index in [1.54, 1.807) is 23.7 Å². The van der Waals surface area contributed by atoms with Gasteiger partial charge >= 0.3 is 6.18 Å². The predicted octanol–water partition coefficient (Wildman–Crippen LogP) is 2.79. The van der Waals surface area contributed by atoms with Crippen molar-refractivity contribution < 1.29 is 23.1 Å². The van der Waals surface area contributed by atoms with Crippen molar-refractivity contribution in [1.82, 2.24) is 24.9 Å². The van der Waals surface area contributed by atoms with E-state index in [9.17, 15) is 23.1 Å². The van der Waals surface area contributed by atoms with Crippen LogP contribution in [0.25, 0.3) is 22.2 Å². The fourth-order valence-electron chi connectivity index (χ4n) is 3.62. The minimum Gasteiger partial charge on any atom is -0.507 e. The van der Waals surface area contributed by atoms with Crippen molar-refractivity contribution in [3.8, 4) is 17.0 Å². The van der Waals surface area contributed by atoms with Crippen LogP contribution in [0.1, 0.15) is 18.4 Å². The number of carbonyl (C=O) groups excluding carboxylic acids is 1. The Morgan fingerprint density at radius 3 is 2.67 bits per heavy atom. The summed E-state index contributed by atoms with van der Waals surface area (Å²) >= 11 is 0. The molecule has 1 fully saturated rings. The molecule has 1 amide bonds. The summed E-state index contributed by atoms with van der Waals surface area (Å²) < 4.78 is 40.3. The number of aryl methyl sites for hydroxylation is 1. The number of rotatable bonds is 3. The predicted molar refractivity (Wildman–Crippen MR) is 103 cm³/mol. The third kappa shape index (κ3) is 3.51. The van der Waals surface area contributed by atoms with Crippen molar-refractivity contribution in [3.05, 3.63) is 30.0 Å². The lowest BCUT2D eigenvalue weighted by molar-refractivity contribution is -0.137. The Labute approximate surface area is 169 Å². The number of carbonyl (C=O) groups is 1. The maximum atomic E-state index is 12.9. The van der Waals surface area contributed by atoms with E-state index in [1.165, 1.54) is 12.3 Å². The van der Waals surface area contributed by atoms with Crippen LogP contribution in [0.4, 0.5) is 19.0 Å². The number of amides is 1. The van der Waals surface area contributed by atoms with Crippen LogP contribution in [0, 0.1) is 0 Å². The molecule has 8 nitrogen and oxygen atoms in total. The highest BCUT2D eigenvalue weighted by atomic mass is 19.4. The fourth-order valence-corrected chi connectivity index (χ4v) is 3.62. The first kappa shape index (κ1) is 19.9. The third-order valence-electron chi connectivity index (χ3n) is 5.22. The normalized spacial score (nSPS) is 17.6. The molecule has 2 N–H and O–H groups in total. The van der Waals surface area contributed by atoms with Crippen molar-refractivity contribution in [2.24, 2.45) is 7.05 Å². The average molecular weight is 420 g/mol.